The molecular formula is C13H12N2. The molecule has 0 atom stereocenters. The zero-order valence-corrected chi connectivity index (χ0v) is 8.43. The largest absolute Gasteiger partial charge is 0.237 e. The molecule has 2 heteroatoms. The molecule has 1 fully saturated rings. The van der Waals surface area contributed by atoms with E-state index in [4.69, 9.17) is 0 Å². The molecule has 1 heterocycles. The van der Waals surface area contributed by atoms with Crippen LogP contribution < -0.4 is 0 Å². The Morgan fingerprint density at radius 2 is 1.80 bits per heavy atom. The van der Waals surface area contributed by atoms with Gasteiger partial charge in [-0.2, -0.15) is 0 Å². The third-order valence-electron chi connectivity index (χ3n) is 2.70. The van der Waals surface area contributed by atoms with Gasteiger partial charge in [0.25, 0.3) is 0 Å². The normalized spacial score (nSPS) is 15.2. The lowest BCUT2D eigenvalue weighted by atomic mass is 10.2. The van der Waals surface area contributed by atoms with Gasteiger partial charge in [-0.05, 0) is 18.9 Å². The molecule has 1 aromatic heterocycles. The lowest BCUT2D eigenvalue weighted by molar-refractivity contribution is 0.994. The summed E-state index contributed by atoms with van der Waals surface area (Å²) in [6.45, 7) is 0. The van der Waals surface area contributed by atoms with E-state index in [0.29, 0.717) is 5.92 Å². The van der Waals surface area contributed by atoms with Gasteiger partial charge in [-0.3, -0.25) is 0 Å². The van der Waals surface area contributed by atoms with Gasteiger partial charge in [0.15, 0.2) is 5.82 Å². The maximum Gasteiger partial charge on any atom is 0.159 e. The molecule has 1 saturated carbocycles. The topological polar surface area (TPSA) is 25.8 Å². The minimum absolute atomic E-state index is 0.690. The van der Waals surface area contributed by atoms with Crippen LogP contribution in [0.1, 0.15) is 24.5 Å². The summed E-state index contributed by atoms with van der Waals surface area (Å²) in [7, 11) is 0. The van der Waals surface area contributed by atoms with Gasteiger partial charge in [0.05, 0.1) is 0 Å². The number of rotatable bonds is 2. The monoisotopic (exact) mass is 196 g/mol. The minimum Gasteiger partial charge on any atom is -0.237 e. The average molecular weight is 196 g/mol. The van der Waals surface area contributed by atoms with Crippen LogP contribution in [0.25, 0.3) is 11.4 Å². The fourth-order valence-corrected chi connectivity index (χ4v) is 1.71. The molecule has 3 rings (SSSR count). The summed E-state index contributed by atoms with van der Waals surface area (Å²) in [5.41, 5.74) is 2.30. The number of aromatic nitrogens is 2. The maximum absolute atomic E-state index is 4.59. The number of benzene rings is 1. The molecule has 1 aliphatic carbocycles. The van der Waals surface area contributed by atoms with Crippen molar-refractivity contribution in [2.45, 2.75) is 18.8 Å². The van der Waals surface area contributed by atoms with Crippen LogP contribution in [-0.4, -0.2) is 9.97 Å². The molecule has 0 saturated heterocycles. The van der Waals surface area contributed by atoms with Gasteiger partial charge in [-0.25, -0.2) is 9.97 Å². The van der Waals surface area contributed by atoms with Crippen molar-refractivity contribution in [3.8, 4) is 11.4 Å². The van der Waals surface area contributed by atoms with Crippen LogP contribution in [0.2, 0.25) is 0 Å². The van der Waals surface area contributed by atoms with Crippen molar-refractivity contribution in [2.24, 2.45) is 0 Å². The molecule has 1 aromatic carbocycles. The second-order valence-electron chi connectivity index (χ2n) is 3.95. The SMILES string of the molecule is c1ccc(-c2nccc(C3CC3)n2)cc1. The van der Waals surface area contributed by atoms with Gasteiger partial charge < -0.3 is 0 Å². The van der Waals surface area contributed by atoms with Crippen molar-refractivity contribution in [1.29, 1.82) is 0 Å². The fraction of sp³-hybridized carbons (Fsp3) is 0.231. The van der Waals surface area contributed by atoms with Crippen LogP contribution in [-0.2, 0) is 0 Å². The first kappa shape index (κ1) is 8.60. The Morgan fingerprint density at radius 3 is 2.53 bits per heavy atom. The van der Waals surface area contributed by atoms with Gasteiger partial charge in [-0.15, -0.1) is 0 Å². The third-order valence-corrected chi connectivity index (χ3v) is 2.70. The van der Waals surface area contributed by atoms with Gasteiger partial charge in [0.1, 0.15) is 0 Å². The molecule has 74 valence electrons. The maximum atomic E-state index is 4.59. The summed E-state index contributed by atoms with van der Waals surface area (Å²) in [6.07, 6.45) is 4.43. The fourth-order valence-electron chi connectivity index (χ4n) is 1.71. The Hall–Kier alpha value is -1.70. The van der Waals surface area contributed by atoms with Crippen molar-refractivity contribution >= 4 is 0 Å². The number of hydrogen-bond acceptors (Lipinski definition) is 2. The standard InChI is InChI=1S/C13H12N2/c1-2-4-11(5-3-1)13-14-9-8-12(15-13)10-6-7-10/h1-5,8-10H,6-7H2. The Bertz CT molecular complexity index is 461. The van der Waals surface area contributed by atoms with Crippen LogP contribution in [0.5, 0.6) is 0 Å². The highest BCUT2D eigenvalue weighted by molar-refractivity contribution is 5.54. The van der Waals surface area contributed by atoms with E-state index in [2.05, 4.69) is 9.97 Å². The van der Waals surface area contributed by atoms with E-state index in [0.717, 1.165) is 11.4 Å². The number of hydrogen-bond donors (Lipinski definition) is 0. The van der Waals surface area contributed by atoms with E-state index in [-0.39, 0.29) is 0 Å². The second-order valence-corrected chi connectivity index (χ2v) is 3.95. The summed E-state index contributed by atoms with van der Waals surface area (Å²) in [4.78, 5) is 8.90. The zero-order chi connectivity index (χ0) is 10.1. The van der Waals surface area contributed by atoms with E-state index < -0.39 is 0 Å². The molecule has 15 heavy (non-hydrogen) atoms. The van der Waals surface area contributed by atoms with E-state index >= 15 is 0 Å². The van der Waals surface area contributed by atoms with E-state index in [1.165, 1.54) is 18.5 Å². The molecule has 0 unspecified atom stereocenters. The quantitative estimate of drug-likeness (QED) is 0.737. The van der Waals surface area contributed by atoms with Crippen molar-refractivity contribution in [3.05, 3.63) is 48.3 Å². The Morgan fingerprint density at radius 1 is 1.00 bits per heavy atom. The van der Waals surface area contributed by atoms with Crippen molar-refractivity contribution in [3.63, 3.8) is 0 Å². The molecule has 0 spiro atoms. The zero-order valence-electron chi connectivity index (χ0n) is 8.43. The van der Waals surface area contributed by atoms with E-state index in [9.17, 15) is 0 Å². The van der Waals surface area contributed by atoms with Crippen LogP contribution in [0.15, 0.2) is 42.6 Å². The summed E-state index contributed by atoms with van der Waals surface area (Å²) < 4.78 is 0. The first-order chi connectivity index (χ1) is 7.43. The highest BCUT2D eigenvalue weighted by atomic mass is 14.9. The average Bonchev–Trinajstić information content (AvgIpc) is 3.14. The summed E-state index contributed by atoms with van der Waals surface area (Å²) in [6, 6.07) is 12.2. The summed E-state index contributed by atoms with van der Waals surface area (Å²) in [5.74, 6) is 1.54. The van der Waals surface area contributed by atoms with Crippen molar-refractivity contribution in [1.82, 2.24) is 9.97 Å². The van der Waals surface area contributed by atoms with E-state index in [1.54, 1.807) is 0 Å². The van der Waals surface area contributed by atoms with Gasteiger partial charge >= 0.3 is 0 Å². The first-order valence-corrected chi connectivity index (χ1v) is 5.32. The van der Waals surface area contributed by atoms with Crippen LogP contribution >= 0.6 is 0 Å². The highest BCUT2D eigenvalue weighted by Crippen LogP contribution is 2.39. The smallest absolute Gasteiger partial charge is 0.159 e. The lowest BCUT2D eigenvalue weighted by Gasteiger charge is -2.01. The molecule has 1 aliphatic rings. The predicted octanol–water partition coefficient (Wildman–Crippen LogP) is 3.02. The lowest BCUT2D eigenvalue weighted by Crippen LogP contribution is -1.92. The Labute approximate surface area is 89.0 Å². The third kappa shape index (κ3) is 1.75. The molecule has 0 N–H and O–H groups in total. The molecular weight excluding hydrogens is 184 g/mol. The van der Waals surface area contributed by atoms with E-state index in [1.807, 2.05) is 42.6 Å². The molecule has 2 nitrogen and oxygen atoms in total. The van der Waals surface area contributed by atoms with Gasteiger partial charge in [0.2, 0.25) is 0 Å². The highest BCUT2D eigenvalue weighted by Gasteiger charge is 2.25. The molecule has 0 radical (unpaired) electrons. The van der Waals surface area contributed by atoms with Crippen LogP contribution in [0.3, 0.4) is 0 Å². The molecule has 0 aliphatic heterocycles. The summed E-state index contributed by atoms with van der Waals surface area (Å²) >= 11 is 0. The van der Waals surface area contributed by atoms with Crippen molar-refractivity contribution in [2.75, 3.05) is 0 Å². The molecule has 2 aromatic rings. The predicted molar refractivity (Wildman–Crippen MR) is 59.4 cm³/mol. The number of nitrogens with zero attached hydrogens (tertiary/aromatic N) is 2. The van der Waals surface area contributed by atoms with Crippen molar-refractivity contribution < 1.29 is 0 Å². The Balaban J connectivity index is 2.01. The second kappa shape index (κ2) is 3.46. The van der Waals surface area contributed by atoms with Gasteiger partial charge in [0, 0.05) is 23.4 Å². The van der Waals surface area contributed by atoms with Crippen LogP contribution in [0.4, 0.5) is 0 Å². The molecule has 0 amide bonds. The molecule has 0 bridgehead atoms. The van der Waals surface area contributed by atoms with Gasteiger partial charge in [-0.1, -0.05) is 30.3 Å². The first-order valence-electron chi connectivity index (χ1n) is 5.32. The van der Waals surface area contributed by atoms with Crippen LogP contribution in [0, 0.1) is 0 Å². The Kier molecular flexibility index (Phi) is 1.98. The minimum atomic E-state index is 0.690. The summed E-state index contributed by atoms with van der Waals surface area (Å²) in [5, 5.41) is 0.